The van der Waals surface area contributed by atoms with E-state index in [1.165, 1.54) is 0 Å². The minimum atomic E-state index is 0.649. The van der Waals surface area contributed by atoms with Gasteiger partial charge in [0, 0.05) is 6.21 Å². The van der Waals surface area contributed by atoms with Gasteiger partial charge >= 0.3 is 0 Å². The average molecular weight is 173 g/mol. The van der Waals surface area contributed by atoms with Crippen LogP contribution in [0.4, 0.5) is 0 Å². The summed E-state index contributed by atoms with van der Waals surface area (Å²) in [6, 6.07) is 0. The molecule has 0 spiro atoms. The molecule has 0 aliphatic carbocycles. The topological polar surface area (TPSA) is 12.4 Å². The van der Waals surface area contributed by atoms with Gasteiger partial charge in [0.15, 0.2) is 0 Å². The van der Waals surface area contributed by atoms with Crippen LogP contribution in [0.3, 0.4) is 0 Å². The first-order valence-electron chi connectivity index (χ1n) is 3.96. The van der Waals surface area contributed by atoms with Gasteiger partial charge in [-0.05, 0) is 18.1 Å². The van der Waals surface area contributed by atoms with Crippen LogP contribution in [0.25, 0.3) is 0 Å². The van der Waals surface area contributed by atoms with Crippen LogP contribution < -0.4 is 0 Å². The Balaban J connectivity index is 4.52. The van der Waals surface area contributed by atoms with Crippen LogP contribution in [0.2, 0.25) is 0 Å². The van der Waals surface area contributed by atoms with Gasteiger partial charge in [-0.25, -0.2) is 0 Å². The first-order valence-corrected chi connectivity index (χ1v) is 3.96. The lowest BCUT2D eigenvalue weighted by atomic mass is 10.1. The van der Waals surface area contributed by atoms with Gasteiger partial charge in [-0.1, -0.05) is 44.5 Å². The predicted molar refractivity (Wildman–Crippen MR) is 60.9 cm³/mol. The van der Waals surface area contributed by atoms with E-state index in [1.54, 1.807) is 18.4 Å². The SMILES string of the molecule is C=CC=NC(=C)C(=C)/C(C)=C\C=C. The highest BCUT2D eigenvalue weighted by atomic mass is 14.7. The number of rotatable bonds is 5. The maximum atomic E-state index is 4.03. The highest BCUT2D eigenvalue weighted by Gasteiger charge is 1.98. The quantitative estimate of drug-likeness (QED) is 0.446. The molecule has 0 heterocycles. The second kappa shape index (κ2) is 5.95. The molecule has 0 amide bonds. The molecule has 0 bridgehead atoms. The van der Waals surface area contributed by atoms with Crippen LogP contribution in [0, 0.1) is 0 Å². The van der Waals surface area contributed by atoms with Crippen molar-refractivity contribution in [1.82, 2.24) is 0 Å². The normalized spacial score (nSPS) is 11.3. The van der Waals surface area contributed by atoms with E-state index in [-0.39, 0.29) is 0 Å². The van der Waals surface area contributed by atoms with Crippen molar-refractivity contribution in [2.75, 3.05) is 0 Å². The first kappa shape index (κ1) is 11.4. The molecular formula is C12H15N. The minimum Gasteiger partial charge on any atom is -0.257 e. The Morgan fingerprint density at radius 2 is 1.77 bits per heavy atom. The molecule has 0 saturated heterocycles. The lowest BCUT2D eigenvalue weighted by Crippen LogP contribution is -1.85. The first-order chi connectivity index (χ1) is 6.13. The van der Waals surface area contributed by atoms with Crippen molar-refractivity contribution in [3.05, 3.63) is 61.4 Å². The summed E-state index contributed by atoms with van der Waals surface area (Å²) in [6.45, 7) is 16.7. The van der Waals surface area contributed by atoms with E-state index in [9.17, 15) is 0 Å². The zero-order chi connectivity index (χ0) is 10.3. The van der Waals surface area contributed by atoms with E-state index >= 15 is 0 Å². The van der Waals surface area contributed by atoms with E-state index < -0.39 is 0 Å². The molecule has 0 rings (SSSR count). The van der Waals surface area contributed by atoms with Crippen molar-refractivity contribution in [2.24, 2.45) is 4.99 Å². The van der Waals surface area contributed by atoms with Gasteiger partial charge in [-0.2, -0.15) is 0 Å². The molecule has 0 aromatic carbocycles. The lowest BCUT2D eigenvalue weighted by molar-refractivity contribution is 1.31. The van der Waals surface area contributed by atoms with Crippen molar-refractivity contribution in [3.8, 4) is 0 Å². The number of aliphatic imine (C=N–C) groups is 1. The van der Waals surface area contributed by atoms with E-state index in [0.717, 1.165) is 11.1 Å². The second-order valence-electron chi connectivity index (χ2n) is 2.52. The molecule has 1 heteroatoms. The Hall–Kier alpha value is -1.63. The Labute approximate surface area is 80.2 Å². The highest BCUT2D eigenvalue weighted by molar-refractivity contribution is 5.72. The minimum absolute atomic E-state index is 0.649. The third-order valence-electron chi connectivity index (χ3n) is 1.53. The zero-order valence-electron chi connectivity index (χ0n) is 8.09. The molecule has 0 saturated carbocycles. The Morgan fingerprint density at radius 1 is 1.15 bits per heavy atom. The van der Waals surface area contributed by atoms with Gasteiger partial charge in [-0.3, -0.25) is 4.99 Å². The van der Waals surface area contributed by atoms with Crippen LogP contribution >= 0.6 is 0 Å². The summed E-state index contributed by atoms with van der Waals surface area (Å²) in [5, 5.41) is 0. The van der Waals surface area contributed by atoms with Crippen molar-refractivity contribution >= 4 is 6.21 Å². The molecule has 68 valence electrons. The Morgan fingerprint density at radius 3 is 2.23 bits per heavy atom. The molecule has 0 radical (unpaired) electrons. The highest BCUT2D eigenvalue weighted by Crippen LogP contribution is 2.15. The van der Waals surface area contributed by atoms with E-state index in [2.05, 4.69) is 31.3 Å². The summed E-state index contributed by atoms with van der Waals surface area (Å²) in [5.41, 5.74) is 2.48. The fraction of sp³-hybridized carbons (Fsp3) is 0.0833. The van der Waals surface area contributed by atoms with Gasteiger partial charge in [-0.15, -0.1) is 0 Å². The Kier molecular flexibility index (Phi) is 5.20. The number of nitrogens with zero attached hydrogens (tertiary/aromatic N) is 1. The molecule has 0 N–H and O–H groups in total. The summed E-state index contributed by atoms with van der Waals surface area (Å²) in [6.07, 6.45) is 6.78. The fourth-order valence-corrected chi connectivity index (χ4v) is 0.726. The van der Waals surface area contributed by atoms with Crippen LogP contribution in [0.1, 0.15) is 6.92 Å². The zero-order valence-corrected chi connectivity index (χ0v) is 8.09. The molecule has 0 aliphatic rings. The molecule has 0 unspecified atom stereocenters. The van der Waals surface area contributed by atoms with Crippen LogP contribution in [0.15, 0.2) is 66.4 Å². The summed E-state index contributed by atoms with van der Waals surface area (Å²) >= 11 is 0. The largest absolute Gasteiger partial charge is 0.257 e. The number of hydrogen-bond acceptors (Lipinski definition) is 1. The monoisotopic (exact) mass is 173 g/mol. The maximum absolute atomic E-state index is 4.03. The second-order valence-corrected chi connectivity index (χ2v) is 2.52. The summed E-state index contributed by atoms with van der Waals surface area (Å²) in [4.78, 5) is 4.03. The van der Waals surface area contributed by atoms with Gasteiger partial charge in [0.05, 0.1) is 5.70 Å². The van der Waals surface area contributed by atoms with Crippen molar-refractivity contribution in [1.29, 1.82) is 0 Å². The average Bonchev–Trinajstić information content (AvgIpc) is 2.13. The molecule has 1 nitrogen and oxygen atoms in total. The van der Waals surface area contributed by atoms with Crippen LogP contribution in [-0.4, -0.2) is 6.21 Å². The van der Waals surface area contributed by atoms with Crippen LogP contribution in [-0.2, 0) is 0 Å². The molecular weight excluding hydrogens is 158 g/mol. The van der Waals surface area contributed by atoms with Gasteiger partial charge in [0.25, 0.3) is 0 Å². The molecule has 13 heavy (non-hydrogen) atoms. The van der Waals surface area contributed by atoms with Gasteiger partial charge < -0.3 is 0 Å². The molecule has 0 aromatic rings. The molecule has 0 atom stereocenters. The maximum Gasteiger partial charge on any atom is 0.0626 e. The molecule has 0 aliphatic heterocycles. The third-order valence-corrected chi connectivity index (χ3v) is 1.53. The smallest absolute Gasteiger partial charge is 0.0626 e. The van der Waals surface area contributed by atoms with Crippen molar-refractivity contribution in [3.63, 3.8) is 0 Å². The van der Waals surface area contributed by atoms with E-state index in [4.69, 9.17) is 0 Å². The number of hydrogen-bond donors (Lipinski definition) is 0. The molecule has 0 aromatic heterocycles. The van der Waals surface area contributed by atoms with E-state index in [1.807, 2.05) is 13.0 Å². The van der Waals surface area contributed by atoms with Gasteiger partial charge in [0.1, 0.15) is 0 Å². The van der Waals surface area contributed by atoms with Crippen molar-refractivity contribution in [2.45, 2.75) is 6.92 Å². The summed E-state index contributed by atoms with van der Waals surface area (Å²) < 4.78 is 0. The summed E-state index contributed by atoms with van der Waals surface area (Å²) in [7, 11) is 0. The van der Waals surface area contributed by atoms with Crippen LogP contribution in [0.5, 0.6) is 0 Å². The van der Waals surface area contributed by atoms with E-state index in [0.29, 0.717) is 5.70 Å². The lowest BCUT2D eigenvalue weighted by Gasteiger charge is -2.03. The molecule has 0 fully saturated rings. The van der Waals surface area contributed by atoms with Gasteiger partial charge in [0.2, 0.25) is 0 Å². The Bertz CT molecular complexity index is 290. The van der Waals surface area contributed by atoms with Crippen molar-refractivity contribution < 1.29 is 0 Å². The third kappa shape index (κ3) is 4.06. The fourth-order valence-electron chi connectivity index (χ4n) is 0.726. The predicted octanol–water partition coefficient (Wildman–Crippen LogP) is 3.45. The standard InChI is InChI=1S/C12H15N/c1-6-8-10(3)11(4)12(5)13-9-7-2/h6-9H,1-2,4-5H2,3H3/b10-8-,13-9?. The number of allylic oxidation sites excluding steroid dienone is 4. The summed E-state index contributed by atoms with van der Waals surface area (Å²) in [5.74, 6) is 0.